The van der Waals surface area contributed by atoms with E-state index in [-0.39, 0.29) is 53.8 Å². The minimum absolute atomic E-state index is 0.0120. The van der Waals surface area contributed by atoms with E-state index in [1.54, 1.807) is 0 Å². The number of nitrogens with zero attached hydrogens (tertiary/aromatic N) is 4. The first-order valence-corrected chi connectivity index (χ1v) is 14.8. The van der Waals surface area contributed by atoms with Crippen molar-refractivity contribution in [2.24, 2.45) is 11.1 Å². The molecule has 1 aliphatic carbocycles. The highest BCUT2D eigenvalue weighted by Crippen LogP contribution is 2.49. The zero-order valence-electron chi connectivity index (χ0n) is 27.8. The number of rotatable bonds is 12. The molecule has 11 nitrogen and oxygen atoms in total. The summed E-state index contributed by atoms with van der Waals surface area (Å²) in [5, 5.41) is 3.34. The Kier molecular flexibility index (Phi) is 7.89. The summed E-state index contributed by atoms with van der Waals surface area (Å²) in [6.07, 6.45) is 2.39. The fourth-order valence-corrected chi connectivity index (χ4v) is 5.40. The van der Waals surface area contributed by atoms with Crippen molar-refractivity contribution in [2.45, 2.75) is 19.3 Å². The number of carbonyl (C=O) groups excluding carboxylic acids is 2. The molecular formula is C33H34F2N6O5. The van der Waals surface area contributed by atoms with Gasteiger partial charge in [0.1, 0.15) is 29.2 Å². The third kappa shape index (κ3) is 6.42. The van der Waals surface area contributed by atoms with Gasteiger partial charge in [-0.25, -0.2) is 18.7 Å². The van der Waals surface area contributed by atoms with E-state index < -0.39 is 35.9 Å². The van der Waals surface area contributed by atoms with E-state index in [0.29, 0.717) is 30.5 Å². The van der Waals surface area contributed by atoms with Crippen LogP contribution in [0.1, 0.15) is 23.4 Å². The molecule has 0 unspecified atom stereocenters. The Labute approximate surface area is 268 Å². The van der Waals surface area contributed by atoms with Gasteiger partial charge >= 0.3 is 0 Å². The maximum absolute atomic E-state index is 15.8. The number of morpholine rings is 1. The Hall–Kier alpha value is -4.88. The lowest BCUT2D eigenvalue weighted by Crippen LogP contribution is -2.41. The molecule has 240 valence electrons. The van der Waals surface area contributed by atoms with Gasteiger partial charge in [-0.05, 0) is 61.7 Å². The molecule has 2 amide bonds. The number of carbonyl (C=O) groups is 2. The minimum Gasteiger partial charge on any atom is -0.493 e. The fourth-order valence-electron chi connectivity index (χ4n) is 5.40. The van der Waals surface area contributed by atoms with Gasteiger partial charge < -0.3 is 25.3 Å². The highest BCUT2D eigenvalue weighted by molar-refractivity contribution is 6.16. The van der Waals surface area contributed by atoms with E-state index in [1.807, 2.05) is 0 Å². The van der Waals surface area contributed by atoms with Gasteiger partial charge in [0.05, 0.1) is 47.9 Å². The number of primary amides is 1. The third-order valence-electron chi connectivity index (χ3n) is 8.17. The molecule has 13 heteroatoms. The van der Waals surface area contributed by atoms with Crippen molar-refractivity contribution in [1.82, 2.24) is 14.9 Å². The van der Waals surface area contributed by atoms with E-state index >= 15 is 4.39 Å². The third-order valence-corrected chi connectivity index (χ3v) is 8.17. The zero-order chi connectivity index (χ0) is 34.8. The Morgan fingerprint density at radius 1 is 1.07 bits per heavy atom. The number of aromatic nitrogens is 2. The number of anilines is 4. The largest absolute Gasteiger partial charge is 0.493 e. The van der Waals surface area contributed by atoms with E-state index in [1.165, 1.54) is 42.7 Å². The van der Waals surface area contributed by atoms with Gasteiger partial charge in [0.2, 0.25) is 11.8 Å². The summed E-state index contributed by atoms with van der Waals surface area (Å²) in [6, 6.07) is 11.9. The second-order valence-corrected chi connectivity index (χ2v) is 11.1. The molecule has 1 aliphatic heterocycles. The van der Waals surface area contributed by atoms with Crippen molar-refractivity contribution < 1.29 is 36.7 Å². The van der Waals surface area contributed by atoms with E-state index in [0.717, 1.165) is 42.7 Å². The predicted octanol–water partition coefficient (Wildman–Crippen LogP) is 4.69. The molecular weight excluding hydrogens is 598 g/mol. The fraction of sp³-hybridized carbons (Fsp3) is 0.333. The summed E-state index contributed by atoms with van der Waals surface area (Å²) in [7, 11) is -2.75. The van der Waals surface area contributed by atoms with Crippen molar-refractivity contribution in [2.75, 3.05) is 56.7 Å². The lowest BCUT2D eigenvalue weighted by atomic mass is 10.0. The SMILES string of the molecule is [2H]C([2H])([2H])Oc1cc2ncnc(Nc3ccc(N(C(=O)C4(C(N)=O)CC4)c4ccc(F)cc4)cc3F)c2cc1OCCCN1CCOCC1. The molecule has 1 aromatic heterocycles. The summed E-state index contributed by atoms with van der Waals surface area (Å²) in [5.41, 5.74) is 4.76. The van der Waals surface area contributed by atoms with Gasteiger partial charge in [0, 0.05) is 42.8 Å². The molecule has 0 atom stereocenters. The monoisotopic (exact) mass is 635 g/mol. The number of amides is 2. The van der Waals surface area contributed by atoms with Gasteiger partial charge in [0.25, 0.3) is 0 Å². The van der Waals surface area contributed by atoms with Crippen LogP contribution < -0.4 is 25.4 Å². The number of hydrogen-bond acceptors (Lipinski definition) is 9. The molecule has 1 saturated carbocycles. The quantitative estimate of drug-likeness (QED) is 0.168. The number of hydrogen-bond donors (Lipinski definition) is 2. The van der Waals surface area contributed by atoms with E-state index in [9.17, 15) is 14.0 Å². The number of fused-ring (bicyclic) bond motifs is 1. The van der Waals surface area contributed by atoms with Crippen molar-refractivity contribution in [3.8, 4) is 11.5 Å². The Morgan fingerprint density at radius 2 is 1.83 bits per heavy atom. The molecule has 3 aromatic carbocycles. The van der Waals surface area contributed by atoms with Crippen LogP contribution in [0.2, 0.25) is 0 Å². The number of methoxy groups -OCH3 is 1. The van der Waals surface area contributed by atoms with Gasteiger partial charge in [-0.1, -0.05) is 0 Å². The number of nitrogens with two attached hydrogens (primary N) is 1. The van der Waals surface area contributed by atoms with Crippen LogP contribution in [-0.4, -0.2) is 73.2 Å². The second kappa shape index (κ2) is 13.2. The summed E-state index contributed by atoms with van der Waals surface area (Å²) in [4.78, 5) is 37.7. The Morgan fingerprint density at radius 3 is 2.52 bits per heavy atom. The number of ether oxygens (including phenoxy) is 3. The molecule has 0 bridgehead atoms. The molecule has 46 heavy (non-hydrogen) atoms. The van der Waals surface area contributed by atoms with Crippen LogP contribution in [0.25, 0.3) is 10.9 Å². The maximum atomic E-state index is 15.8. The first-order chi connectivity index (χ1) is 23.4. The average molecular weight is 636 g/mol. The highest BCUT2D eigenvalue weighted by atomic mass is 19.1. The standard InChI is InChI=1S/C33H34F2N6O5/c1-44-28-19-27-24(18-29(28)46-14-2-11-40-12-15-45-16-13-40)30(38-20-37-27)39-26-8-7-23(17-25(26)35)41(22-5-3-21(34)4-6-22)32(43)33(9-10-33)31(36)42/h3-8,17-20H,2,9-16H2,1H3,(H2,36,42)(H,37,38,39)/i1D3. The summed E-state index contributed by atoms with van der Waals surface area (Å²) >= 11 is 0. The van der Waals surface area contributed by atoms with Crippen molar-refractivity contribution in [3.05, 3.63) is 72.6 Å². The summed E-state index contributed by atoms with van der Waals surface area (Å²) < 4.78 is 69.0. The van der Waals surface area contributed by atoms with Crippen LogP contribution in [0.5, 0.6) is 11.5 Å². The molecule has 1 saturated heterocycles. The van der Waals surface area contributed by atoms with Gasteiger partial charge in [0.15, 0.2) is 11.5 Å². The molecule has 4 aromatic rings. The smallest absolute Gasteiger partial charge is 0.247 e. The van der Waals surface area contributed by atoms with Crippen molar-refractivity contribution in [1.29, 1.82) is 0 Å². The first kappa shape index (κ1) is 27.4. The van der Waals surface area contributed by atoms with Gasteiger partial charge in [-0.3, -0.25) is 19.4 Å². The maximum Gasteiger partial charge on any atom is 0.247 e. The van der Waals surface area contributed by atoms with Gasteiger partial charge in [-0.15, -0.1) is 0 Å². The van der Waals surface area contributed by atoms with Crippen molar-refractivity contribution >= 4 is 45.6 Å². The minimum atomic E-state index is -2.75. The van der Waals surface area contributed by atoms with Crippen LogP contribution >= 0.6 is 0 Å². The predicted molar refractivity (Wildman–Crippen MR) is 168 cm³/mol. The number of nitrogens with one attached hydrogen (secondary N) is 1. The molecule has 2 heterocycles. The summed E-state index contributed by atoms with van der Waals surface area (Å²) in [5.74, 6) is -2.42. The molecule has 2 fully saturated rings. The zero-order valence-corrected chi connectivity index (χ0v) is 24.8. The normalized spacial score (nSPS) is 17.0. The van der Waals surface area contributed by atoms with Crippen LogP contribution in [0.4, 0.5) is 31.7 Å². The topological polar surface area (TPSA) is 132 Å². The molecule has 2 aliphatic rings. The van der Waals surface area contributed by atoms with Gasteiger partial charge in [-0.2, -0.15) is 0 Å². The first-order valence-electron chi connectivity index (χ1n) is 16.3. The van der Waals surface area contributed by atoms with Crippen LogP contribution in [0.3, 0.4) is 0 Å². The van der Waals surface area contributed by atoms with Crippen molar-refractivity contribution in [3.63, 3.8) is 0 Å². The molecule has 0 spiro atoms. The van der Waals surface area contributed by atoms with Crippen LogP contribution in [0, 0.1) is 17.0 Å². The Bertz CT molecular complexity index is 1850. The van der Waals surface area contributed by atoms with E-state index in [2.05, 4.69) is 20.2 Å². The van der Waals surface area contributed by atoms with Crippen LogP contribution in [-0.2, 0) is 14.3 Å². The average Bonchev–Trinajstić information content (AvgIpc) is 3.88. The number of benzene rings is 3. The Balaban J connectivity index is 1.28. The molecule has 6 rings (SSSR count). The number of halogens is 2. The lowest BCUT2D eigenvalue weighted by molar-refractivity contribution is -0.133. The molecule has 3 N–H and O–H groups in total. The second-order valence-electron chi connectivity index (χ2n) is 11.1. The lowest BCUT2D eigenvalue weighted by Gasteiger charge is -2.27. The van der Waals surface area contributed by atoms with Crippen LogP contribution in [0.15, 0.2) is 60.9 Å². The highest BCUT2D eigenvalue weighted by Gasteiger charge is 2.57. The summed E-state index contributed by atoms with van der Waals surface area (Å²) in [6.45, 7) is 4.02. The molecule has 0 radical (unpaired) electrons. The van der Waals surface area contributed by atoms with E-state index in [4.69, 9.17) is 24.1 Å².